The largest absolute Gasteiger partial charge is 0.380 e. The molecule has 23 heavy (non-hydrogen) atoms. The third-order valence-corrected chi connectivity index (χ3v) is 5.07. The van der Waals surface area contributed by atoms with Crippen LogP contribution < -0.4 is 4.90 Å². The quantitative estimate of drug-likeness (QED) is 0.881. The molecule has 2 aliphatic rings. The highest BCUT2D eigenvalue weighted by Gasteiger charge is 2.42. The number of piperazine rings is 1. The van der Waals surface area contributed by atoms with Gasteiger partial charge in [0.15, 0.2) is 0 Å². The Morgan fingerprint density at radius 2 is 1.83 bits per heavy atom. The van der Waals surface area contributed by atoms with Crippen LogP contribution in [0.5, 0.6) is 0 Å². The van der Waals surface area contributed by atoms with Crippen molar-refractivity contribution in [3.63, 3.8) is 0 Å². The van der Waals surface area contributed by atoms with E-state index in [-0.39, 0.29) is 5.91 Å². The number of para-hydroxylation sites is 2. The molecule has 0 radical (unpaired) electrons. The van der Waals surface area contributed by atoms with E-state index in [0.29, 0.717) is 25.9 Å². The van der Waals surface area contributed by atoms with Gasteiger partial charge in [0, 0.05) is 26.2 Å². The van der Waals surface area contributed by atoms with Crippen molar-refractivity contribution in [2.45, 2.75) is 31.3 Å². The molecule has 1 aromatic carbocycles. The maximum atomic E-state index is 12.5. The molecule has 0 bridgehead atoms. The van der Waals surface area contributed by atoms with E-state index in [4.69, 9.17) is 0 Å². The third kappa shape index (κ3) is 2.57. The molecule has 4 rings (SSSR count). The number of nitrogens with one attached hydrogen (secondary N) is 1. The van der Waals surface area contributed by atoms with Crippen LogP contribution in [0.25, 0.3) is 11.0 Å². The van der Waals surface area contributed by atoms with Crippen molar-refractivity contribution >= 4 is 22.9 Å². The summed E-state index contributed by atoms with van der Waals surface area (Å²) >= 11 is 0. The van der Waals surface area contributed by atoms with E-state index in [9.17, 15) is 9.90 Å². The van der Waals surface area contributed by atoms with E-state index < -0.39 is 5.60 Å². The minimum absolute atomic E-state index is 0.0840. The van der Waals surface area contributed by atoms with Crippen LogP contribution >= 0.6 is 0 Å². The first-order chi connectivity index (χ1) is 11.2. The van der Waals surface area contributed by atoms with Crippen molar-refractivity contribution in [3.8, 4) is 0 Å². The van der Waals surface area contributed by atoms with Gasteiger partial charge >= 0.3 is 0 Å². The maximum Gasteiger partial charge on any atom is 0.254 e. The lowest BCUT2D eigenvalue weighted by Gasteiger charge is -2.37. The number of rotatable bonds is 2. The predicted octanol–water partition coefficient (Wildman–Crippen LogP) is 1.52. The SMILES string of the molecule is O=C(N1CCN(c2nc3ccccc3[nH]2)CC1)C1(O)CCCC1. The zero-order valence-corrected chi connectivity index (χ0v) is 13.2. The Morgan fingerprint density at radius 1 is 1.13 bits per heavy atom. The Balaban J connectivity index is 1.43. The summed E-state index contributed by atoms with van der Waals surface area (Å²) in [6, 6.07) is 7.97. The molecule has 6 nitrogen and oxygen atoms in total. The molecule has 1 saturated carbocycles. The number of benzene rings is 1. The first-order valence-electron chi connectivity index (χ1n) is 8.37. The molecule has 1 saturated heterocycles. The number of nitrogens with zero attached hydrogens (tertiary/aromatic N) is 3. The molecule has 1 amide bonds. The van der Waals surface area contributed by atoms with Gasteiger partial charge in [0.2, 0.25) is 5.95 Å². The van der Waals surface area contributed by atoms with Crippen LogP contribution in [0.15, 0.2) is 24.3 Å². The first kappa shape index (κ1) is 14.5. The Labute approximate surface area is 135 Å². The second-order valence-corrected chi connectivity index (χ2v) is 6.60. The van der Waals surface area contributed by atoms with Crippen molar-refractivity contribution in [2.24, 2.45) is 0 Å². The minimum atomic E-state index is -1.11. The summed E-state index contributed by atoms with van der Waals surface area (Å²) < 4.78 is 0. The molecule has 0 atom stereocenters. The average Bonchev–Trinajstić information content (AvgIpc) is 3.21. The number of aromatic amines is 1. The lowest BCUT2D eigenvalue weighted by Crippen LogP contribution is -2.55. The lowest BCUT2D eigenvalue weighted by molar-refractivity contribution is -0.151. The number of anilines is 1. The number of amides is 1. The minimum Gasteiger partial charge on any atom is -0.380 e. The van der Waals surface area contributed by atoms with Gasteiger partial charge < -0.3 is 19.9 Å². The van der Waals surface area contributed by atoms with Crippen LogP contribution in [0.4, 0.5) is 5.95 Å². The fraction of sp³-hybridized carbons (Fsp3) is 0.529. The number of fused-ring (bicyclic) bond motifs is 1. The molecule has 0 unspecified atom stereocenters. The van der Waals surface area contributed by atoms with Crippen LogP contribution in [0, 0.1) is 0 Å². The van der Waals surface area contributed by atoms with Crippen LogP contribution in [-0.2, 0) is 4.79 Å². The summed E-state index contributed by atoms with van der Waals surface area (Å²) in [6.45, 7) is 2.75. The number of carbonyl (C=O) groups excluding carboxylic acids is 1. The van der Waals surface area contributed by atoms with Gasteiger partial charge in [-0.2, -0.15) is 0 Å². The molecule has 1 aromatic heterocycles. The monoisotopic (exact) mass is 314 g/mol. The molecule has 2 fully saturated rings. The number of aliphatic hydroxyl groups is 1. The molecule has 2 N–H and O–H groups in total. The third-order valence-electron chi connectivity index (χ3n) is 5.07. The van der Waals surface area contributed by atoms with E-state index >= 15 is 0 Å². The van der Waals surface area contributed by atoms with Crippen LogP contribution in [0.2, 0.25) is 0 Å². The van der Waals surface area contributed by atoms with Gasteiger partial charge in [-0.25, -0.2) is 4.98 Å². The summed E-state index contributed by atoms with van der Waals surface area (Å²) in [4.78, 5) is 24.5. The number of H-pyrrole nitrogens is 1. The smallest absolute Gasteiger partial charge is 0.254 e. The van der Waals surface area contributed by atoms with Gasteiger partial charge in [-0.3, -0.25) is 4.79 Å². The zero-order valence-electron chi connectivity index (χ0n) is 13.2. The van der Waals surface area contributed by atoms with Gasteiger partial charge in [0.25, 0.3) is 5.91 Å². The highest BCUT2D eigenvalue weighted by atomic mass is 16.3. The normalized spacial score (nSPS) is 21.1. The van der Waals surface area contributed by atoms with Crippen molar-refractivity contribution in [2.75, 3.05) is 31.1 Å². The standard InChI is InChI=1S/C17H22N4O2/c22-15(17(23)7-3-4-8-17)20-9-11-21(12-10-20)16-18-13-5-1-2-6-14(13)19-16/h1-2,5-6,23H,3-4,7-12H2,(H,18,19). The first-order valence-corrected chi connectivity index (χ1v) is 8.37. The van der Waals surface area contributed by atoms with Gasteiger partial charge in [-0.05, 0) is 37.8 Å². The van der Waals surface area contributed by atoms with E-state index in [1.165, 1.54) is 0 Å². The number of hydrogen-bond acceptors (Lipinski definition) is 4. The highest BCUT2D eigenvalue weighted by molar-refractivity contribution is 5.85. The van der Waals surface area contributed by atoms with Crippen LogP contribution in [0.1, 0.15) is 25.7 Å². The lowest BCUT2D eigenvalue weighted by atomic mass is 10.00. The summed E-state index contributed by atoms with van der Waals surface area (Å²) in [5.41, 5.74) is 0.879. The molecule has 1 aliphatic carbocycles. The molecule has 6 heteroatoms. The predicted molar refractivity (Wildman–Crippen MR) is 88.3 cm³/mol. The second kappa shape index (κ2) is 5.53. The van der Waals surface area contributed by atoms with Crippen LogP contribution in [-0.4, -0.2) is 57.7 Å². The number of imidazole rings is 1. The Morgan fingerprint density at radius 3 is 2.52 bits per heavy atom. The number of carbonyl (C=O) groups is 1. The Kier molecular flexibility index (Phi) is 3.49. The van der Waals surface area contributed by atoms with E-state index in [1.54, 1.807) is 0 Å². The summed E-state index contributed by atoms with van der Waals surface area (Å²) in [5, 5.41) is 10.5. The number of aromatic nitrogens is 2. The maximum absolute atomic E-state index is 12.5. The molecular formula is C17H22N4O2. The molecule has 0 spiro atoms. The van der Waals surface area contributed by atoms with Crippen LogP contribution in [0.3, 0.4) is 0 Å². The molecule has 1 aliphatic heterocycles. The van der Waals surface area contributed by atoms with Gasteiger partial charge in [0.1, 0.15) is 5.60 Å². The van der Waals surface area contributed by atoms with Gasteiger partial charge in [-0.1, -0.05) is 12.1 Å². The topological polar surface area (TPSA) is 72.5 Å². The Bertz CT molecular complexity index is 679. The van der Waals surface area contributed by atoms with Gasteiger partial charge in [0.05, 0.1) is 11.0 Å². The zero-order chi connectivity index (χ0) is 15.9. The molecule has 122 valence electrons. The Hall–Kier alpha value is -2.08. The second-order valence-electron chi connectivity index (χ2n) is 6.60. The summed E-state index contributed by atoms with van der Waals surface area (Å²) in [7, 11) is 0. The fourth-order valence-electron chi connectivity index (χ4n) is 3.68. The molecule has 2 heterocycles. The number of hydrogen-bond donors (Lipinski definition) is 2. The van der Waals surface area contributed by atoms with Crippen molar-refractivity contribution in [3.05, 3.63) is 24.3 Å². The van der Waals surface area contributed by atoms with E-state index in [2.05, 4.69) is 14.9 Å². The van der Waals surface area contributed by atoms with Crippen molar-refractivity contribution in [1.82, 2.24) is 14.9 Å². The van der Waals surface area contributed by atoms with E-state index in [0.717, 1.165) is 42.9 Å². The highest BCUT2D eigenvalue weighted by Crippen LogP contribution is 2.31. The summed E-state index contributed by atoms with van der Waals surface area (Å²) in [5.74, 6) is 0.775. The molecular weight excluding hydrogens is 292 g/mol. The van der Waals surface area contributed by atoms with E-state index in [1.807, 2.05) is 29.2 Å². The van der Waals surface area contributed by atoms with Crippen molar-refractivity contribution in [1.29, 1.82) is 0 Å². The summed E-state index contributed by atoms with van der Waals surface area (Å²) in [6.07, 6.45) is 3.10. The fourth-order valence-corrected chi connectivity index (χ4v) is 3.68. The van der Waals surface area contributed by atoms with Crippen molar-refractivity contribution < 1.29 is 9.90 Å². The molecule has 2 aromatic rings. The average molecular weight is 314 g/mol. The van der Waals surface area contributed by atoms with Gasteiger partial charge in [-0.15, -0.1) is 0 Å².